The fourth-order valence-corrected chi connectivity index (χ4v) is 2.67. The summed E-state index contributed by atoms with van der Waals surface area (Å²) in [5.41, 5.74) is 3.80. The minimum atomic E-state index is -0.319. The molecule has 1 aliphatic heterocycles. The average Bonchev–Trinajstić information content (AvgIpc) is 2.46. The first-order valence-corrected chi connectivity index (χ1v) is 6.39. The second-order valence-electron chi connectivity index (χ2n) is 4.62. The van der Waals surface area contributed by atoms with Crippen LogP contribution in [0.1, 0.15) is 24.2 Å². The van der Waals surface area contributed by atoms with E-state index in [1.54, 1.807) is 6.20 Å². The minimum absolute atomic E-state index is 0.0830. The number of carbonyl (C=O) groups is 1. The summed E-state index contributed by atoms with van der Waals surface area (Å²) in [5, 5.41) is 3.28. The molecule has 2 aromatic heterocycles. The second kappa shape index (κ2) is 4.31. The Morgan fingerprint density at radius 2 is 2.21 bits per heavy atom. The van der Waals surface area contributed by atoms with E-state index in [4.69, 9.17) is 11.6 Å². The molecule has 19 heavy (non-hydrogen) atoms. The van der Waals surface area contributed by atoms with E-state index in [1.165, 1.54) is 0 Å². The number of hydrogen-bond acceptors (Lipinski definition) is 3. The standard InChI is InChI=1S/C14H12ClN3O/c1-7-6-10-11(13(15)17-7)9-4-3-5-16-12(9)8(2)14(19)18-10/h3-6,8H,1-2H3,(H,18,19)/t8-/m0/s1. The minimum Gasteiger partial charge on any atom is -0.325 e. The zero-order valence-corrected chi connectivity index (χ0v) is 11.3. The number of amides is 1. The molecule has 0 aliphatic carbocycles. The molecule has 3 heterocycles. The SMILES string of the molecule is Cc1cc2c(c(Cl)n1)-c1cccnc1[C@H](C)C(=O)N2. The molecule has 4 nitrogen and oxygen atoms in total. The van der Waals surface area contributed by atoms with E-state index >= 15 is 0 Å². The van der Waals surface area contributed by atoms with E-state index < -0.39 is 0 Å². The predicted octanol–water partition coefficient (Wildman–Crippen LogP) is 3.16. The van der Waals surface area contributed by atoms with Gasteiger partial charge in [0.1, 0.15) is 5.15 Å². The van der Waals surface area contributed by atoms with Crippen LogP contribution in [0.4, 0.5) is 5.69 Å². The Balaban J connectivity index is 2.38. The molecule has 0 bridgehead atoms. The first kappa shape index (κ1) is 12.1. The summed E-state index contributed by atoms with van der Waals surface area (Å²) in [6, 6.07) is 5.58. The Labute approximate surface area is 115 Å². The van der Waals surface area contributed by atoms with Crippen LogP contribution in [0.3, 0.4) is 0 Å². The highest BCUT2D eigenvalue weighted by Gasteiger charge is 2.28. The number of hydrogen-bond donors (Lipinski definition) is 1. The van der Waals surface area contributed by atoms with Crippen molar-refractivity contribution in [3.63, 3.8) is 0 Å². The molecular weight excluding hydrogens is 262 g/mol. The molecule has 0 saturated heterocycles. The maximum Gasteiger partial charge on any atom is 0.233 e. The molecule has 0 spiro atoms. The van der Waals surface area contributed by atoms with Crippen molar-refractivity contribution in [2.24, 2.45) is 0 Å². The lowest BCUT2D eigenvalue weighted by molar-refractivity contribution is -0.117. The molecule has 1 amide bonds. The first-order chi connectivity index (χ1) is 9.08. The van der Waals surface area contributed by atoms with Crippen LogP contribution in [0.15, 0.2) is 24.4 Å². The van der Waals surface area contributed by atoms with Crippen molar-refractivity contribution >= 4 is 23.2 Å². The highest BCUT2D eigenvalue weighted by atomic mass is 35.5. The van der Waals surface area contributed by atoms with E-state index in [2.05, 4.69) is 15.3 Å². The van der Waals surface area contributed by atoms with Gasteiger partial charge in [0.25, 0.3) is 0 Å². The lowest BCUT2D eigenvalue weighted by atomic mass is 9.98. The molecule has 0 saturated carbocycles. The summed E-state index contributed by atoms with van der Waals surface area (Å²) >= 11 is 6.25. The van der Waals surface area contributed by atoms with Crippen LogP contribution in [0.5, 0.6) is 0 Å². The third-order valence-electron chi connectivity index (χ3n) is 3.27. The van der Waals surface area contributed by atoms with Gasteiger partial charge in [-0.05, 0) is 26.0 Å². The number of aromatic nitrogens is 2. The van der Waals surface area contributed by atoms with Crippen molar-refractivity contribution in [1.82, 2.24) is 9.97 Å². The van der Waals surface area contributed by atoms with Gasteiger partial charge in [-0.15, -0.1) is 0 Å². The Morgan fingerprint density at radius 3 is 3.00 bits per heavy atom. The van der Waals surface area contributed by atoms with Crippen molar-refractivity contribution in [1.29, 1.82) is 0 Å². The highest BCUT2D eigenvalue weighted by molar-refractivity contribution is 6.33. The largest absolute Gasteiger partial charge is 0.325 e. The van der Waals surface area contributed by atoms with Gasteiger partial charge < -0.3 is 5.32 Å². The van der Waals surface area contributed by atoms with E-state index in [1.807, 2.05) is 32.0 Å². The number of anilines is 1. The van der Waals surface area contributed by atoms with E-state index in [0.29, 0.717) is 10.8 Å². The lowest BCUT2D eigenvalue weighted by Crippen LogP contribution is -2.18. The van der Waals surface area contributed by atoms with Crippen LogP contribution in [0.25, 0.3) is 11.1 Å². The van der Waals surface area contributed by atoms with Crippen LogP contribution in [0.2, 0.25) is 5.15 Å². The predicted molar refractivity (Wildman–Crippen MR) is 74.3 cm³/mol. The van der Waals surface area contributed by atoms with Gasteiger partial charge in [-0.3, -0.25) is 9.78 Å². The van der Waals surface area contributed by atoms with E-state index in [-0.39, 0.29) is 11.8 Å². The van der Waals surface area contributed by atoms with Gasteiger partial charge in [0.05, 0.1) is 17.3 Å². The second-order valence-corrected chi connectivity index (χ2v) is 4.98. The zero-order valence-electron chi connectivity index (χ0n) is 10.6. The van der Waals surface area contributed by atoms with Gasteiger partial charge in [0, 0.05) is 23.0 Å². The fourth-order valence-electron chi connectivity index (χ4n) is 2.33. The number of aryl methyl sites for hydroxylation is 1. The summed E-state index contributed by atoms with van der Waals surface area (Å²) in [4.78, 5) is 20.7. The Bertz CT molecular complexity index is 684. The fraction of sp³-hybridized carbons (Fsp3) is 0.214. The van der Waals surface area contributed by atoms with E-state index in [9.17, 15) is 4.79 Å². The Kier molecular flexibility index (Phi) is 2.75. The summed E-state index contributed by atoms with van der Waals surface area (Å²) in [6.07, 6.45) is 1.68. The van der Waals surface area contributed by atoms with Crippen molar-refractivity contribution in [2.75, 3.05) is 5.32 Å². The molecular formula is C14H12ClN3O. The molecule has 3 rings (SSSR count). The van der Waals surface area contributed by atoms with E-state index in [0.717, 1.165) is 22.5 Å². The van der Waals surface area contributed by atoms with Gasteiger partial charge in [0.2, 0.25) is 5.91 Å². The molecule has 1 atom stereocenters. The molecule has 0 fully saturated rings. The number of carbonyl (C=O) groups excluding carboxylic acids is 1. The first-order valence-electron chi connectivity index (χ1n) is 6.01. The smallest absolute Gasteiger partial charge is 0.233 e. The molecule has 2 aromatic rings. The maximum atomic E-state index is 12.1. The normalized spacial score (nSPS) is 17.2. The van der Waals surface area contributed by atoms with Gasteiger partial charge in [-0.25, -0.2) is 4.98 Å². The Hall–Kier alpha value is -1.94. The number of fused-ring (bicyclic) bond motifs is 3. The van der Waals surface area contributed by atoms with Crippen molar-refractivity contribution in [2.45, 2.75) is 19.8 Å². The summed E-state index contributed by atoms with van der Waals surface area (Å²) in [6.45, 7) is 3.68. The topological polar surface area (TPSA) is 54.9 Å². The molecule has 5 heteroatoms. The third-order valence-corrected chi connectivity index (χ3v) is 3.55. The van der Waals surface area contributed by atoms with Crippen LogP contribution in [-0.2, 0) is 4.79 Å². The number of halogens is 1. The Morgan fingerprint density at radius 1 is 1.42 bits per heavy atom. The highest BCUT2D eigenvalue weighted by Crippen LogP contribution is 2.40. The number of nitrogens with zero attached hydrogens (tertiary/aromatic N) is 2. The number of pyridine rings is 2. The average molecular weight is 274 g/mol. The third kappa shape index (κ3) is 1.88. The molecule has 0 aromatic carbocycles. The quantitative estimate of drug-likeness (QED) is 0.750. The monoisotopic (exact) mass is 273 g/mol. The van der Waals surface area contributed by atoms with Crippen molar-refractivity contribution in [3.05, 3.63) is 40.9 Å². The lowest BCUT2D eigenvalue weighted by Gasteiger charge is -2.10. The van der Waals surface area contributed by atoms with Crippen LogP contribution >= 0.6 is 11.6 Å². The van der Waals surface area contributed by atoms with Gasteiger partial charge in [-0.1, -0.05) is 17.7 Å². The molecule has 0 unspecified atom stereocenters. The van der Waals surface area contributed by atoms with Crippen LogP contribution in [0, 0.1) is 6.92 Å². The van der Waals surface area contributed by atoms with Crippen molar-refractivity contribution in [3.8, 4) is 11.1 Å². The van der Waals surface area contributed by atoms with Crippen molar-refractivity contribution < 1.29 is 4.79 Å². The van der Waals surface area contributed by atoms with Crippen LogP contribution in [-0.4, -0.2) is 15.9 Å². The molecule has 1 aliphatic rings. The molecule has 0 radical (unpaired) electrons. The summed E-state index contributed by atoms with van der Waals surface area (Å²) < 4.78 is 0. The number of nitrogens with one attached hydrogen (secondary N) is 1. The van der Waals surface area contributed by atoms with Gasteiger partial charge in [-0.2, -0.15) is 0 Å². The molecule has 1 N–H and O–H groups in total. The number of rotatable bonds is 0. The van der Waals surface area contributed by atoms with Crippen LogP contribution < -0.4 is 5.32 Å². The van der Waals surface area contributed by atoms with Gasteiger partial charge >= 0.3 is 0 Å². The maximum absolute atomic E-state index is 12.1. The summed E-state index contributed by atoms with van der Waals surface area (Å²) in [5.74, 6) is -0.402. The summed E-state index contributed by atoms with van der Waals surface area (Å²) in [7, 11) is 0. The zero-order chi connectivity index (χ0) is 13.6. The van der Waals surface area contributed by atoms with Gasteiger partial charge in [0.15, 0.2) is 0 Å². The molecule has 96 valence electrons.